The molecule has 2 rings (SSSR count). The summed E-state index contributed by atoms with van der Waals surface area (Å²) in [6.07, 6.45) is 0. The molecule has 7 nitrogen and oxygen atoms in total. The highest BCUT2D eigenvalue weighted by Crippen LogP contribution is 2.27. The number of fused-ring (bicyclic) bond motifs is 2. The van der Waals surface area contributed by atoms with Crippen molar-refractivity contribution >= 4 is 21.9 Å². The molecule has 1 aliphatic heterocycles. The number of hydrogen-bond acceptors (Lipinski definition) is 5. The molecule has 2 bridgehead atoms. The summed E-state index contributed by atoms with van der Waals surface area (Å²) in [7, 11) is -4.69. The van der Waals surface area contributed by atoms with Crippen molar-refractivity contribution in [2.24, 2.45) is 0 Å². The summed E-state index contributed by atoms with van der Waals surface area (Å²) in [6.45, 7) is 0. The van der Waals surface area contributed by atoms with Crippen LogP contribution in [-0.4, -0.2) is 35.1 Å². The van der Waals surface area contributed by atoms with E-state index in [1.807, 2.05) is 0 Å². The number of imide groups is 1. The van der Waals surface area contributed by atoms with Gasteiger partial charge in [-0.15, -0.1) is 5.06 Å². The molecule has 0 aromatic heterocycles. The minimum Gasteiger partial charge on any atom is -0.282 e. The lowest BCUT2D eigenvalue weighted by Gasteiger charge is -2.21. The molecule has 84 valence electrons. The summed E-state index contributed by atoms with van der Waals surface area (Å²) in [5.74, 6) is -2.38. The zero-order valence-corrected chi connectivity index (χ0v) is 8.43. The Labute approximate surface area is 89.6 Å². The lowest BCUT2D eigenvalue weighted by molar-refractivity contribution is -0.0392. The van der Waals surface area contributed by atoms with Gasteiger partial charge in [0, 0.05) is 0 Å². The standard InChI is InChI=1S/C8H5NO6S/c10-7-4-2-1-3-5(8(11)9(7)12)6(4)16(13,14)15/h1-3,12H,(H,13,14,15). The molecule has 0 radical (unpaired) electrons. The molecule has 1 aromatic carbocycles. The van der Waals surface area contributed by atoms with E-state index in [0.717, 1.165) is 12.1 Å². The van der Waals surface area contributed by atoms with E-state index in [0.29, 0.717) is 0 Å². The summed E-state index contributed by atoms with van der Waals surface area (Å²) in [5.41, 5.74) is -0.885. The van der Waals surface area contributed by atoms with Crippen LogP contribution in [0.2, 0.25) is 0 Å². The number of rotatable bonds is 1. The van der Waals surface area contributed by atoms with Crippen molar-refractivity contribution in [1.82, 2.24) is 5.06 Å². The van der Waals surface area contributed by atoms with Crippen molar-refractivity contribution in [3.8, 4) is 0 Å². The van der Waals surface area contributed by atoms with E-state index in [-0.39, 0.29) is 5.06 Å². The van der Waals surface area contributed by atoms with Crippen molar-refractivity contribution in [1.29, 1.82) is 0 Å². The first-order valence-corrected chi connectivity index (χ1v) is 5.46. The molecule has 0 unspecified atom stereocenters. The number of hydroxylamine groups is 2. The van der Waals surface area contributed by atoms with E-state index >= 15 is 0 Å². The first-order valence-electron chi connectivity index (χ1n) is 4.02. The topological polar surface area (TPSA) is 112 Å². The number of benzene rings is 1. The maximum Gasteiger partial charge on any atom is 0.296 e. The van der Waals surface area contributed by atoms with Crippen LogP contribution in [0, 0.1) is 0 Å². The molecule has 2 amide bonds. The highest BCUT2D eigenvalue weighted by atomic mass is 32.2. The number of nitrogens with zero attached hydrogens (tertiary/aromatic N) is 1. The van der Waals surface area contributed by atoms with Crippen LogP contribution in [0.5, 0.6) is 0 Å². The van der Waals surface area contributed by atoms with Crippen LogP contribution in [0.1, 0.15) is 20.7 Å². The molecule has 0 saturated heterocycles. The fourth-order valence-corrected chi connectivity index (χ4v) is 2.34. The predicted octanol–water partition coefficient (Wildman–Crippen LogP) is -0.0815. The normalized spacial score (nSPS) is 15.5. The molecule has 0 saturated carbocycles. The van der Waals surface area contributed by atoms with Gasteiger partial charge in [0.05, 0.1) is 11.1 Å². The quantitative estimate of drug-likeness (QED) is 0.405. The van der Waals surface area contributed by atoms with Gasteiger partial charge in [-0.3, -0.25) is 19.3 Å². The summed E-state index contributed by atoms with van der Waals surface area (Å²) >= 11 is 0. The zero-order valence-electron chi connectivity index (χ0n) is 7.61. The number of carbonyl (C=O) groups is 2. The fraction of sp³-hybridized carbons (Fsp3) is 0. The van der Waals surface area contributed by atoms with E-state index in [2.05, 4.69) is 0 Å². The summed E-state index contributed by atoms with van der Waals surface area (Å²) in [5, 5.41) is 8.89. The van der Waals surface area contributed by atoms with E-state index in [1.165, 1.54) is 6.07 Å². The Hall–Kier alpha value is -1.77. The molecule has 1 aliphatic rings. The maximum atomic E-state index is 11.3. The van der Waals surface area contributed by atoms with Crippen LogP contribution < -0.4 is 0 Å². The minimum absolute atomic E-state index is 0.195. The number of hydrogen-bond donors (Lipinski definition) is 2. The second-order valence-corrected chi connectivity index (χ2v) is 4.44. The summed E-state index contributed by atoms with van der Waals surface area (Å²) in [6, 6.07) is 3.46. The maximum absolute atomic E-state index is 11.3. The van der Waals surface area contributed by atoms with Crippen LogP contribution in [0.25, 0.3) is 0 Å². The van der Waals surface area contributed by atoms with Gasteiger partial charge in [0.2, 0.25) is 0 Å². The third-order valence-corrected chi connectivity index (χ3v) is 3.07. The van der Waals surface area contributed by atoms with E-state index in [9.17, 15) is 18.0 Å². The van der Waals surface area contributed by atoms with Crippen LogP contribution >= 0.6 is 0 Å². The van der Waals surface area contributed by atoms with E-state index in [4.69, 9.17) is 9.76 Å². The van der Waals surface area contributed by atoms with Crippen molar-refractivity contribution in [2.45, 2.75) is 4.90 Å². The Morgan fingerprint density at radius 1 is 1.06 bits per heavy atom. The lowest BCUT2D eigenvalue weighted by atomic mass is 10.1. The van der Waals surface area contributed by atoms with E-state index < -0.39 is 38.0 Å². The largest absolute Gasteiger partial charge is 0.296 e. The first kappa shape index (κ1) is 10.7. The van der Waals surface area contributed by atoms with Crippen LogP contribution in [0.3, 0.4) is 0 Å². The van der Waals surface area contributed by atoms with Crippen LogP contribution in [-0.2, 0) is 10.1 Å². The Bertz CT molecular complexity index is 571. The molecule has 0 spiro atoms. The SMILES string of the molecule is O=C1c2cccc(c2S(=O)(=O)O)C(=O)N1O. The Morgan fingerprint density at radius 3 is 1.88 bits per heavy atom. The molecule has 16 heavy (non-hydrogen) atoms. The van der Waals surface area contributed by atoms with Gasteiger partial charge in [0.25, 0.3) is 21.9 Å². The Morgan fingerprint density at radius 2 is 1.50 bits per heavy atom. The van der Waals surface area contributed by atoms with Gasteiger partial charge in [-0.2, -0.15) is 8.42 Å². The molecular formula is C8H5NO6S. The average molecular weight is 243 g/mol. The number of amides is 2. The smallest absolute Gasteiger partial charge is 0.282 e. The van der Waals surface area contributed by atoms with Gasteiger partial charge >= 0.3 is 0 Å². The molecule has 0 aliphatic carbocycles. The third-order valence-electron chi connectivity index (χ3n) is 2.12. The Kier molecular flexibility index (Phi) is 2.09. The number of carbonyl (C=O) groups excluding carboxylic acids is 2. The van der Waals surface area contributed by atoms with E-state index in [1.54, 1.807) is 0 Å². The second-order valence-electron chi connectivity index (χ2n) is 3.08. The first-order chi connectivity index (χ1) is 7.34. The average Bonchev–Trinajstić information content (AvgIpc) is 2.22. The molecule has 8 heteroatoms. The van der Waals surface area contributed by atoms with Gasteiger partial charge in [0.1, 0.15) is 4.90 Å². The highest BCUT2D eigenvalue weighted by molar-refractivity contribution is 7.86. The molecule has 1 aromatic rings. The van der Waals surface area contributed by atoms with Gasteiger partial charge < -0.3 is 0 Å². The molecule has 2 N–H and O–H groups in total. The second kappa shape index (κ2) is 3.11. The van der Waals surface area contributed by atoms with Crippen LogP contribution in [0.15, 0.2) is 23.1 Å². The van der Waals surface area contributed by atoms with Crippen molar-refractivity contribution in [3.63, 3.8) is 0 Å². The minimum atomic E-state index is -4.69. The van der Waals surface area contributed by atoms with Gasteiger partial charge in [-0.25, -0.2) is 0 Å². The van der Waals surface area contributed by atoms with Gasteiger partial charge in [-0.1, -0.05) is 6.07 Å². The highest BCUT2D eigenvalue weighted by Gasteiger charge is 2.38. The molecule has 0 atom stereocenters. The summed E-state index contributed by atoms with van der Waals surface area (Å²) in [4.78, 5) is 21.9. The summed E-state index contributed by atoms with van der Waals surface area (Å²) < 4.78 is 30.9. The van der Waals surface area contributed by atoms with Crippen LogP contribution in [0.4, 0.5) is 0 Å². The Balaban J connectivity index is 2.89. The van der Waals surface area contributed by atoms with Crippen molar-refractivity contribution in [3.05, 3.63) is 29.3 Å². The van der Waals surface area contributed by atoms with Gasteiger partial charge in [-0.05, 0) is 12.1 Å². The fourth-order valence-electron chi connectivity index (χ4n) is 1.47. The molecule has 0 fully saturated rings. The molecule has 1 heterocycles. The monoisotopic (exact) mass is 243 g/mol. The predicted molar refractivity (Wildman–Crippen MR) is 48.5 cm³/mol. The van der Waals surface area contributed by atoms with Gasteiger partial charge in [0.15, 0.2) is 0 Å². The van der Waals surface area contributed by atoms with Crippen molar-refractivity contribution in [2.75, 3.05) is 0 Å². The third kappa shape index (κ3) is 1.32. The lowest BCUT2D eigenvalue weighted by Crippen LogP contribution is -2.39. The molecular weight excluding hydrogens is 238 g/mol. The zero-order chi connectivity index (χ0) is 12.1. The van der Waals surface area contributed by atoms with Crippen molar-refractivity contribution < 1.29 is 27.8 Å².